The molecule has 0 aliphatic carbocycles. The number of pyridine rings is 1. The number of hydrogen-bond acceptors (Lipinski definition) is 5. The summed E-state index contributed by atoms with van der Waals surface area (Å²) in [4.78, 5) is 4.02. The summed E-state index contributed by atoms with van der Waals surface area (Å²) >= 11 is 3.53. The first kappa shape index (κ1) is 15.1. The van der Waals surface area contributed by atoms with E-state index in [0.717, 1.165) is 22.2 Å². The Kier molecular flexibility index (Phi) is 5.66. The van der Waals surface area contributed by atoms with Gasteiger partial charge in [-0.05, 0) is 40.0 Å². The van der Waals surface area contributed by atoms with Crippen LogP contribution in [0.1, 0.15) is 17.3 Å². The number of hydrazine groups is 1. The monoisotopic (exact) mass is 339 g/mol. The lowest BCUT2D eigenvalue weighted by Crippen LogP contribution is -2.32. The van der Waals surface area contributed by atoms with Crippen molar-refractivity contribution in [1.29, 1.82) is 0 Å². The summed E-state index contributed by atoms with van der Waals surface area (Å²) in [5.74, 6) is 5.72. The van der Waals surface area contributed by atoms with Gasteiger partial charge in [0.1, 0.15) is 0 Å². The molecule has 0 aliphatic heterocycles. The van der Waals surface area contributed by atoms with Gasteiger partial charge in [-0.25, -0.2) is 0 Å². The van der Waals surface area contributed by atoms with Gasteiger partial charge in [0.2, 0.25) is 0 Å². The van der Waals surface area contributed by atoms with Crippen LogP contribution in [0.15, 0.2) is 35.2 Å². The van der Waals surface area contributed by atoms with Gasteiger partial charge in [0.15, 0.2) is 0 Å². The van der Waals surface area contributed by atoms with Crippen molar-refractivity contribution in [3.8, 4) is 0 Å². The zero-order chi connectivity index (χ0) is 14.4. The van der Waals surface area contributed by atoms with Gasteiger partial charge in [-0.3, -0.25) is 20.9 Å². The van der Waals surface area contributed by atoms with Crippen LogP contribution in [0.5, 0.6) is 0 Å². The van der Waals surface area contributed by atoms with Crippen LogP contribution in [0.3, 0.4) is 0 Å². The molecular formula is C13H18BrN5O. The van der Waals surface area contributed by atoms with E-state index < -0.39 is 0 Å². The molecule has 2 aromatic rings. The van der Waals surface area contributed by atoms with Crippen molar-refractivity contribution in [1.82, 2.24) is 20.2 Å². The minimum Gasteiger partial charge on any atom is -0.383 e. The zero-order valence-electron chi connectivity index (χ0n) is 11.3. The molecular weight excluding hydrogens is 322 g/mol. The standard InChI is InChI=1S/C13H18BrN5O/c1-20-7-6-19-13(11(14)9-17-19)12(18-15)8-10-2-4-16-5-3-10/h2-5,9,12,18H,6-8,15H2,1H3. The Labute approximate surface area is 126 Å². The van der Waals surface area contributed by atoms with E-state index in [2.05, 4.69) is 31.4 Å². The molecule has 108 valence electrons. The quantitative estimate of drug-likeness (QED) is 0.589. The number of ether oxygens (including phenoxy) is 1. The van der Waals surface area contributed by atoms with Crippen molar-refractivity contribution in [2.75, 3.05) is 13.7 Å². The van der Waals surface area contributed by atoms with Crippen LogP contribution in [0.2, 0.25) is 0 Å². The predicted octanol–water partition coefficient (Wildman–Crippen LogP) is 1.43. The van der Waals surface area contributed by atoms with E-state index in [1.807, 2.05) is 16.8 Å². The summed E-state index contributed by atoms with van der Waals surface area (Å²) in [5, 5.41) is 4.35. The number of hydrogen-bond donors (Lipinski definition) is 2. The second-order valence-electron chi connectivity index (χ2n) is 4.37. The largest absolute Gasteiger partial charge is 0.383 e. The molecule has 0 spiro atoms. The molecule has 0 bridgehead atoms. The number of halogens is 1. The van der Waals surface area contributed by atoms with E-state index in [1.54, 1.807) is 25.7 Å². The predicted molar refractivity (Wildman–Crippen MR) is 79.8 cm³/mol. The summed E-state index contributed by atoms with van der Waals surface area (Å²) in [6.45, 7) is 1.29. The fourth-order valence-electron chi connectivity index (χ4n) is 2.06. The van der Waals surface area contributed by atoms with Crippen molar-refractivity contribution in [3.05, 3.63) is 46.5 Å². The fourth-order valence-corrected chi connectivity index (χ4v) is 2.64. The van der Waals surface area contributed by atoms with Crippen molar-refractivity contribution in [3.63, 3.8) is 0 Å². The lowest BCUT2D eigenvalue weighted by molar-refractivity contribution is 0.181. The van der Waals surface area contributed by atoms with E-state index in [0.29, 0.717) is 13.2 Å². The first-order chi connectivity index (χ1) is 9.76. The summed E-state index contributed by atoms with van der Waals surface area (Å²) in [6.07, 6.45) is 6.10. The molecule has 0 radical (unpaired) electrons. The van der Waals surface area contributed by atoms with Crippen molar-refractivity contribution in [2.45, 2.75) is 19.0 Å². The second-order valence-corrected chi connectivity index (χ2v) is 5.23. The lowest BCUT2D eigenvalue weighted by atomic mass is 10.0. The van der Waals surface area contributed by atoms with Gasteiger partial charge >= 0.3 is 0 Å². The molecule has 20 heavy (non-hydrogen) atoms. The van der Waals surface area contributed by atoms with E-state index in [1.165, 1.54) is 0 Å². The van der Waals surface area contributed by atoms with Gasteiger partial charge < -0.3 is 4.74 Å². The molecule has 2 rings (SSSR count). The van der Waals surface area contributed by atoms with Crippen LogP contribution in [-0.2, 0) is 17.7 Å². The van der Waals surface area contributed by atoms with Crippen molar-refractivity contribution in [2.24, 2.45) is 5.84 Å². The first-order valence-corrected chi connectivity index (χ1v) is 7.10. The SMILES string of the molecule is COCCn1ncc(Br)c1C(Cc1ccncc1)NN. The van der Waals surface area contributed by atoms with E-state index in [4.69, 9.17) is 10.6 Å². The Hall–Kier alpha value is -1.28. The smallest absolute Gasteiger partial charge is 0.0713 e. The van der Waals surface area contributed by atoms with Crippen molar-refractivity contribution < 1.29 is 4.74 Å². The third-order valence-corrected chi connectivity index (χ3v) is 3.67. The fraction of sp³-hybridized carbons (Fsp3) is 0.385. The third-order valence-electron chi connectivity index (χ3n) is 3.06. The van der Waals surface area contributed by atoms with Gasteiger partial charge in [0, 0.05) is 19.5 Å². The molecule has 0 aliphatic rings. The van der Waals surface area contributed by atoms with E-state index >= 15 is 0 Å². The van der Waals surface area contributed by atoms with Gasteiger partial charge in [-0.15, -0.1) is 0 Å². The van der Waals surface area contributed by atoms with Crippen LogP contribution in [-0.4, -0.2) is 28.5 Å². The maximum absolute atomic E-state index is 5.72. The minimum atomic E-state index is -0.0360. The third kappa shape index (κ3) is 3.63. The van der Waals surface area contributed by atoms with E-state index in [-0.39, 0.29) is 6.04 Å². The highest BCUT2D eigenvalue weighted by Crippen LogP contribution is 2.25. The average molecular weight is 340 g/mol. The van der Waals surface area contributed by atoms with Crippen LogP contribution >= 0.6 is 15.9 Å². The Bertz CT molecular complexity index is 531. The maximum atomic E-state index is 5.72. The minimum absolute atomic E-state index is 0.0360. The summed E-state index contributed by atoms with van der Waals surface area (Å²) in [6, 6.07) is 3.92. The zero-order valence-corrected chi connectivity index (χ0v) is 12.9. The highest BCUT2D eigenvalue weighted by Gasteiger charge is 2.19. The molecule has 0 fully saturated rings. The summed E-state index contributed by atoms with van der Waals surface area (Å²) in [7, 11) is 1.67. The Morgan fingerprint density at radius 3 is 2.85 bits per heavy atom. The molecule has 7 heteroatoms. The Morgan fingerprint density at radius 1 is 1.45 bits per heavy atom. The second kappa shape index (κ2) is 7.49. The maximum Gasteiger partial charge on any atom is 0.0713 e. The molecule has 6 nitrogen and oxygen atoms in total. The number of nitrogens with one attached hydrogen (secondary N) is 1. The molecule has 0 saturated heterocycles. The highest BCUT2D eigenvalue weighted by atomic mass is 79.9. The topological polar surface area (TPSA) is 78.0 Å². The normalized spacial score (nSPS) is 12.6. The number of nitrogens with zero attached hydrogens (tertiary/aromatic N) is 3. The van der Waals surface area contributed by atoms with Gasteiger partial charge in [0.25, 0.3) is 0 Å². The lowest BCUT2D eigenvalue weighted by Gasteiger charge is -2.18. The summed E-state index contributed by atoms with van der Waals surface area (Å²) < 4.78 is 7.94. The number of nitrogens with two attached hydrogens (primary N) is 1. The first-order valence-electron chi connectivity index (χ1n) is 6.31. The molecule has 0 amide bonds. The van der Waals surface area contributed by atoms with Crippen molar-refractivity contribution >= 4 is 15.9 Å². The molecule has 2 aromatic heterocycles. The molecule has 0 aromatic carbocycles. The Balaban J connectivity index is 2.20. The molecule has 1 unspecified atom stereocenters. The van der Waals surface area contributed by atoms with Crippen LogP contribution < -0.4 is 11.3 Å². The average Bonchev–Trinajstić information content (AvgIpc) is 2.84. The molecule has 0 saturated carbocycles. The molecule has 1 atom stereocenters. The number of methoxy groups -OCH3 is 1. The molecule has 3 N–H and O–H groups in total. The number of rotatable bonds is 7. The van der Waals surface area contributed by atoms with Gasteiger partial charge in [0.05, 0.1) is 35.6 Å². The van der Waals surface area contributed by atoms with Gasteiger partial charge in [-0.1, -0.05) is 0 Å². The van der Waals surface area contributed by atoms with E-state index in [9.17, 15) is 0 Å². The van der Waals surface area contributed by atoms with Gasteiger partial charge in [-0.2, -0.15) is 5.10 Å². The number of aromatic nitrogens is 3. The Morgan fingerprint density at radius 2 is 2.20 bits per heavy atom. The molecule has 2 heterocycles. The van der Waals surface area contributed by atoms with Crippen LogP contribution in [0.25, 0.3) is 0 Å². The summed E-state index contributed by atoms with van der Waals surface area (Å²) in [5.41, 5.74) is 5.04. The highest BCUT2D eigenvalue weighted by molar-refractivity contribution is 9.10. The van der Waals surface area contributed by atoms with Crippen LogP contribution in [0.4, 0.5) is 0 Å². The van der Waals surface area contributed by atoms with Crippen LogP contribution in [0, 0.1) is 0 Å².